The van der Waals surface area contributed by atoms with Crippen LogP contribution in [0.1, 0.15) is 35.4 Å². The van der Waals surface area contributed by atoms with E-state index in [0.29, 0.717) is 48.1 Å². The maximum absolute atomic E-state index is 12.3. The van der Waals surface area contributed by atoms with Crippen LogP contribution in [0.3, 0.4) is 0 Å². The second-order valence-electron chi connectivity index (χ2n) is 6.63. The minimum absolute atomic E-state index is 0.0193. The third-order valence-corrected chi connectivity index (χ3v) is 4.85. The first-order valence-electron chi connectivity index (χ1n) is 9.10. The predicted octanol–water partition coefficient (Wildman–Crippen LogP) is 3.67. The van der Waals surface area contributed by atoms with Crippen molar-refractivity contribution >= 4 is 35.1 Å². The Kier molecular flexibility index (Phi) is 7.35. The minimum Gasteiger partial charge on any atom is -0.445 e. The molecule has 0 saturated carbocycles. The summed E-state index contributed by atoms with van der Waals surface area (Å²) in [6, 6.07) is 4.98. The van der Waals surface area contributed by atoms with Gasteiger partial charge < -0.3 is 18.8 Å². The highest BCUT2D eigenvalue weighted by Gasteiger charge is 2.25. The molecule has 1 aliphatic heterocycles. The molecule has 0 radical (unpaired) electrons. The summed E-state index contributed by atoms with van der Waals surface area (Å²) >= 11 is 11.9. The van der Waals surface area contributed by atoms with E-state index in [-0.39, 0.29) is 30.7 Å². The number of carbonyl (C=O) groups is 2. The average molecular weight is 443 g/mol. The van der Waals surface area contributed by atoms with Crippen LogP contribution in [0.5, 0.6) is 0 Å². The molecule has 2 heterocycles. The van der Waals surface area contributed by atoms with Crippen molar-refractivity contribution in [2.24, 2.45) is 0 Å². The molecule has 1 aromatic heterocycles. The summed E-state index contributed by atoms with van der Waals surface area (Å²) in [5, 5.41) is 0.951. The Morgan fingerprint density at radius 3 is 2.69 bits per heavy atom. The fourth-order valence-corrected chi connectivity index (χ4v) is 3.60. The van der Waals surface area contributed by atoms with E-state index >= 15 is 0 Å². The summed E-state index contributed by atoms with van der Waals surface area (Å²) in [5.41, 5.74) is 0.704. The molecule has 0 spiro atoms. The number of Topliss-reactive ketones (excluding diaryl/α,β-unsaturated/α-hetero) is 1. The third-order valence-electron chi connectivity index (χ3n) is 4.41. The SMILES string of the molecule is O=C(CCCC1CN(C(=O)OCc2cc(Cl)cc(Cl)c2)CCO1)c1c[nH]c(=O)o1. The van der Waals surface area contributed by atoms with E-state index in [1.165, 1.54) is 6.20 Å². The standard InChI is InChI=1S/C19H20Cl2N2O6/c20-13-6-12(7-14(21)8-13)11-28-19(26)23-4-5-27-15(10-23)2-1-3-16(24)17-9-22-18(25)29-17/h6-9,15H,1-5,10-11H2,(H,22,25). The van der Waals surface area contributed by atoms with Crippen LogP contribution in [0, 0.1) is 0 Å². The van der Waals surface area contributed by atoms with Gasteiger partial charge in [0.15, 0.2) is 11.5 Å². The van der Waals surface area contributed by atoms with Gasteiger partial charge in [-0.15, -0.1) is 0 Å². The maximum Gasteiger partial charge on any atom is 0.416 e. The van der Waals surface area contributed by atoms with Crippen LogP contribution in [0.15, 0.2) is 33.6 Å². The number of morpholine rings is 1. The summed E-state index contributed by atoms with van der Waals surface area (Å²) in [5.74, 6) is -0.889. The van der Waals surface area contributed by atoms with E-state index in [2.05, 4.69) is 4.98 Å². The summed E-state index contributed by atoms with van der Waals surface area (Å²) in [7, 11) is 0. The number of aromatic nitrogens is 1. The molecule has 1 atom stereocenters. The van der Waals surface area contributed by atoms with E-state index in [0.717, 1.165) is 0 Å². The van der Waals surface area contributed by atoms with Gasteiger partial charge in [-0.2, -0.15) is 0 Å². The summed E-state index contributed by atoms with van der Waals surface area (Å²) < 4.78 is 15.7. The number of H-pyrrole nitrogens is 1. The van der Waals surface area contributed by atoms with Crippen molar-refractivity contribution in [3.63, 3.8) is 0 Å². The molecule has 1 unspecified atom stereocenters. The molecule has 1 saturated heterocycles. The monoisotopic (exact) mass is 442 g/mol. The van der Waals surface area contributed by atoms with Crippen LogP contribution in [0.4, 0.5) is 4.79 Å². The lowest BCUT2D eigenvalue weighted by Gasteiger charge is -2.32. The second kappa shape index (κ2) is 9.96. The molecule has 1 amide bonds. The van der Waals surface area contributed by atoms with Crippen molar-refractivity contribution in [3.8, 4) is 0 Å². The zero-order valence-corrected chi connectivity index (χ0v) is 17.0. The van der Waals surface area contributed by atoms with Gasteiger partial charge >= 0.3 is 11.8 Å². The van der Waals surface area contributed by atoms with Gasteiger partial charge in [-0.25, -0.2) is 9.59 Å². The van der Waals surface area contributed by atoms with E-state index in [1.807, 2.05) is 0 Å². The Bertz CT molecular complexity index is 905. The number of ether oxygens (including phenoxy) is 2. The number of hydrogen-bond acceptors (Lipinski definition) is 6. The fraction of sp³-hybridized carbons (Fsp3) is 0.421. The van der Waals surface area contributed by atoms with Gasteiger partial charge in [0.25, 0.3) is 0 Å². The fourth-order valence-electron chi connectivity index (χ4n) is 3.02. The maximum atomic E-state index is 12.3. The molecule has 156 valence electrons. The highest BCUT2D eigenvalue weighted by Crippen LogP contribution is 2.20. The lowest BCUT2D eigenvalue weighted by atomic mass is 10.1. The van der Waals surface area contributed by atoms with Crippen LogP contribution >= 0.6 is 23.2 Å². The molecular formula is C19H20Cl2N2O6. The Balaban J connectivity index is 1.42. The number of hydrogen-bond donors (Lipinski definition) is 1. The molecule has 0 aliphatic carbocycles. The first-order valence-corrected chi connectivity index (χ1v) is 9.86. The summed E-state index contributed by atoms with van der Waals surface area (Å²) in [6.45, 7) is 1.27. The van der Waals surface area contributed by atoms with Gasteiger partial charge in [0.05, 0.1) is 25.5 Å². The van der Waals surface area contributed by atoms with Crippen molar-refractivity contribution in [2.75, 3.05) is 19.7 Å². The Morgan fingerprint density at radius 1 is 1.24 bits per heavy atom. The quantitative estimate of drug-likeness (QED) is 0.656. The highest BCUT2D eigenvalue weighted by molar-refractivity contribution is 6.34. The van der Waals surface area contributed by atoms with Gasteiger partial charge in [-0.1, -0.05) is 23.2 Å². The first-order chi connectivity index (χ1) is 13.9. The van der Waals surface area contributed by atoms with Gasteiger partial charge in [-0.3, -0.25) is 9.78 Å². The van der Waals surface area contributed by atoms with Gasteiger partial charge in [-0.05, 0) is 36.6 Å². The molecule has 1 aromatic carbocycles. The molecule has 1 fully saturated rings. The predicted molar refractivity (Wildman–Crippen MR) is 105 cm³/mol. The van der Waals surface area contributed by atoms with Crippen molar-refractivity contribution < 1.29 is 23.5 Å². The molecule has 3 rings (SSSR count). The lowest BCUT2D eigenvalue weighted by Crippen LogP contribution is -2.45. The van der Waals surface area contributed by atoms with E-state index in [1.54, 1.807) is 23.1 Å². The second-order valence-corrected chi connectivity index (χ2v) is 7.50. The van der Waals surface area contributed by atoms with Gasteiger partial charge in [0.2, 0.25) is 0 Å². The highest BCUT2D eigenvalue weighted by atomic mass is 35.5. The zero-order valence-electron chi connectivity index (χ0n) is 15.5. The van der Waals surface area contributed by atoms with Crippen LogP contribution in [0.2, 0.25) is 10.0 Å². The number of ketones is 1. The number of nitrogens with one attached hydrogen (secondary N) is 1. The third kappa shape index (κ3) is 6.35. The number of nitrogens with zero attached hydrogens (tertiary/aromatic N) is 1. The van der Waals surface area contributed by atoms with Crippen LogP contribution < -0.4 is 5.76 Å². The molecule has 29 heavy (non-hydrogen) atoms. The van der Waals surface area contributed by atoms with Crippen molar-refractivity contribution in [2.45, 2.75) is 32.0 Å². The lowest BCUT2D eigenvalue weighted by molar-refractivity contribution is -0.0321. The number of oxazole rings is 1. The molecule has 8 nitrogen and oxygen atoms in total. The number of halogens is 2. The number of amides is 1. The van der Waals surface area contributed by atoms with Crippen molar-refractivity contribution in [3.05, 3.63) is 56.3 Å². The molecule has 2 aromatic rings. The van der Waals surface area contributed by atoms with E-state index < -0.39 is 11.8 Å². The summed E-state index contributed by atoms with van der Waals surface area (Å²) in [4.78, 5) is 39.1. The molecule has 0 bridgehead atoms. The number of benzene rings is 1. The smallest absolute Gasteiger partial charge is 0.416 e. The number of carbonyl (C=O) groups excluding carboxylic acids is 2. The van der Waals surface area contributed by atoms with Crippen molar-refractivity contribution in [1.29, 1.82) is 0 Å². The normalized spacial score (nSPS) is 16.6. The molecule has 10 heteroatoms. The molecular weight excluding hydrogens is 423 g/mol. The number of aromatic amines is 1. The minimum atomic E-state index is -0.654. The Hall–Kier alpha value is -2.29. The van der Waals surface area contributed by atoms with Crippen molar-refractivity contribution in [1.82, 2.24) is 9.88 Å². The molecule has 1 aliphatic rings. The van der Waals surface area contributed by atoms with Gasteiger partial charge in [0, 0.05) is 23.0 Å². The first kappa shape index (κ1) is 21.4. The van der Waals surface area contributed by atoms with E-state index in [9.17, 15) is 14.4 Å². The van der Waals surface area contributed by atoms with Crippen LogP contribution in [-0.4, -0.2) is 47.6 Å². The van der Waals surface area contributed by atoms with E-state index in [4.69, 9.17) is 37.1 Å². The Morgan fingerprint density at radius 2 is 2.00 bits per heavy atom. The zero-order chi connectivity index (χ0) is 20.8. The van der Waals surface area contributed by atoms with Crippen LogP contribution in [0.25, 0.3) is 0 Å². The topological polar surface area (TPSA) is 102 Å². The largest absolute Gasteiger partial charge is 0.445 e. The van der Waals surface area contributed by atoms with Crippen LogP contribution in [-0.2, 0) is 16.1 Å². The molecule has 1 N–H and O–H groups in total. The average Bonchev–Trinajstić information content (AvgIpc) is 3.12. The van der Waals surface area contributed by atoms with Gasteiger partial charge in [0.1, 0.15) is 6.61 Å². The number of rotatable bonds is 7. The summed E-state index contributed by atoms with van der Waals surface area (Å²) in [6.07, 6.45) is 1.98. The Labute approximate surface area is 176 Å².